The molecule has 1 rings (SSSR count). The highest BCUT2D eigenvalue weighted by molar-refractivity contribution is 7.90. The Morgan fingerprint density at radius 3 is 2.44 bits per heavy atom. The number of amides is 1. The first-order chi connectivity index (χ1) is 7.33. The summed E-state index contributed by atoms with van der Waals surface area (Å²) in [5, 5.41) is -0.353. The number of nitrogens with two attached hydrogens (primary N) is 1. The molecule has 1 atom stereocenters. The number of nitrogens with one attached hydrogen (secondary N) is 2. The van der Waals surface area contributed by atoms with Gasteiger partial charge in [-0.15, -0.1) is 4.83 Å². The molecule has 4 N–H and O–H groups in total. The van der Waals surface area contributed by atoms with Crippen molar-refractivity contribution in [3.8, 4) is 0 Å². The van der Waals surface area contributed by atoms with Crippen LogP contribution < -0.4 is 16.0 Å². The number of carbonyl (C=O) groups excluding carboxylic acids is 1. The molecule has 0 heterocycles. The standard InChI is InChI=1S/C9H19N3O3S/c1-6(2)5-8(10)9(13)11-12-16(14,15)7-3-4-7/h6-8,12H,3-5,10H2,1-2H3,(H,11,13)/t8-/m0/s1. The topological polar surface area (TPSA) is 101 Å². The number of carbonyl (C=O) groups is 1. The van der Waals surface area contributed by atoms with Crippen molar-refractivity contribution in [2.75, 3.05) is 0 Å². The minimum atomic E-state index is -3.38. The zero-order chi connectivity index (χ0) is 12.3. The monoisotopic (exact) mass is 249 g/mol. The van der Waals surface area contributed by atoms with Crippen molar-refractivity contribution < 1.29 is 13.2 Å². The van der Waals surface area contributed by atoms with Crippen molar-refractivity contribution in [3.63, 3.8) is 0 Å². The van der Waals surface area contributed by atoms with Gasteiger partial charge in [-0.2, -0.15) is 0 Å². The van der Waals surface area contributed by atoms with Crippen LogP contribution in [0.25, 0.3) is 0 Å². The maximum Gasteiger partial charge on any atom is 0.251 e. The molecule has 1 amide bonds. The molecule has 1 aliphatic rings. The summed E-state index contributed by atoms with van der Waals surface area (Å²) in [5.41, 5.74) is 7.74. The van der Waals surface area contributed by atoms with Crippen molar-refractivity contribution in [2.24, 2.45) is 11.7 Å². The molecule has 0 aromatic heterocycles. The third kappa shape index (κ3) is 4.07. The quantitative estimate of drug-likeness (QED) is 0.551. The van der Waals surface area contributed by atoms with Gasteiger partial charge in [-0.3, -0.25) is 10.2 Å². The van der Waals surface area contributed by atoms with Gasteiger partial charge >= 0.3 is 0 Å². The van der Waals surface area contributed by atoms with E-state index in [2.05, 4.69) is 10.3 Å². The Morgan fingerprint density at radius 2 is 2.00 bits per heavy atom. The summed E-state index contributed by atoms with van der Waals surface area (Å²) in [4.78, 5) is 13.5. The van der Waals surface area contributed by atoms with E-state index >= 15 is 0 Å². The van der Waals surface area contributed by atoms with Crippen molar-refractivity contribution in [2.45, 2.75) is 44.4 Å². The maximum absolute atomic E-state index is 11.4. The van der Waals surface area contributed by atoms with Crippen LogP contribution in [0.2, 0.25) is 0 Å². The van der Waals surface area contributed by atoms with E-state index in [0.29, 0.717) is 25.2 Å². The van der Waals surface area contributed by atoms with Gasteiger partial charge in [0.1, 0.15) is 0 Å². The molecular formula is C9H19N3O3S. The highest BCUT2D eigenvalue weighted by Gasteiger charge is 2.36. The Morgan fingerprint density at radius 1 is 1.44 bits per heavy atom. The van der Waals surface area contributed by atoms with Crippen molar-refractivity contribution in [1.82, 2.24) is 10.3 Å². The molecule has 0 aromatic rings. The highest BCUT2D eigenvalue weighted by atomic mass is 32.2. The third-order valence-electron chi connectivity index (χ3n) is 2.34. The Balaban J connectivity index is 2.34. The zero-order valence-corrected chi connectivity index (χ0v) is 10.4. The van der Waals surface area contributed by atoms with Crippen LogP contribution in [0.5, 0.6) is 0 Å². The summed E-state index contributed by atoms with van der Waals surface area (Å²) < 4.78 is 22.8. The average Bonchev–Trinajstić information content (AvgIpc) is 2.96. The SMILES string of the molecule is CC(C)C[C@H](N)C(=O)NNS(=O)(=O)C1CC1. The van der Waals surface area contributed by atoms with Crippen LogP contribution in [-0.4, -0.2) is 25.6 Å². The van der Waals surface area contributed by atoms with Crippen molar-refractivity contribution in [1.29, 1.82) is 0 Å². The number of hydrazine groups is 1. The minimum absolute atomic E-state index is 0.292. The van der Waals surface area contributed by atoms with Gasteiger partial charge in [0.15, 0.2) is 0 Å². The van der Waals surface area contributed by atoms with Crippen molar-refractivity contribution in [3.05, 3.63) is 0 Å². The normalized spacial score (nSPS) is 18.5. The summed E-state index contributed by atoms with van der Waals surface area (Å²) in [6, 6.07) is -0.679. The third-order valence-corrected chi connectivity index (χ3v) is 4.08. The van der Waals surface area contributed by atoms with Crippen molar-refractivity contribution >= 4 is 15.9 Å². The van der Waals surface area contributed by atoms with Crippen LogP contribution in [0.15, 0.2) is 0 Å². The summed E-state index contributed by atoms with van der Waals surface area (Å²) >= 11 is 0. The van der Waals surface area contributed by atoms with Gasteiger partial charge in [0.25, 0.3) is 5.91 Å². The molecular weight excluding hydrogens is 230 g/mol. The van der Waals surface area contributed by atoms with Gasteiger partial charge in [0.2, 0.25) is 10.0 Å². The van der Waals surface area contributed by atoms with Crippen LogP contribution in [0, 0.1) is 5.92 Å². The molecule has 94 valence electrons. The van der Waals surface area contributed by atoms with Gasteiger partial charge in [0.05, 0.1) is 11.3 Å². The first-order valence-electron chi connectivity index (χ1n) is 5.39. The van der Waals surface area contributed by atoms with Gasteiger partial charge < -0.3 is 5.73 Å². The Bertz CT molecular complexity index is 349. The summed E-state index contributed by atoms with van der Waals surface area (Å²) in [6.07, 6.45) is 1.84. The number of hydrogen-bond acceptors (Lipinski definition) is 4. The second kappa shape index (κ2) is 5.11. The van der Waals surface area contributed by atoms with E-state index in [0.717, 1.165) is 0 Å². The summed E-state index contributed by atoms with van der Waals surface area (Å²) in [5.74, 6) is -0.196. The van der Waals surface area contributed by atoms with E-state index in [1.807, 2.05) is 13.8 Å². The molecule has 0 spiro atoms. The molecule has 6 nitrogen and oxygen atoms in total. The number of hydrogen-bond donors (Lipinski definition) is 3. The fourth-order valence-corrected chi connectivity index (χ4v) is 2.46. The molecule has 0 unspecified atom stereocenters. The first kappa shape index (κ1) is 13.4. The predicted octanol–water partition coefficient (Wildman–Crippen LogP) is -0.527. The average molecular weight is 249 g/mol. The smallest absolute Gasteiger partial charge is 0.251 e. The van der Waals surface area contributed by atoms with Gasteiger partial charge in [-0.1, -0.05) is 13.8 Å². The molecule has 0 bridgehead atoms. The minimum Gasteiger partial charge on any atom is -0.320 e. The van der Waals surface area contributed by atoms with Crippen LogP contribution >= 0.6 is 0 Å². The molecule has 0 aromatic carbocycles. The van der Waals surface area contributed by atoms with E-state index in [1.165, 1.54) is 0 Å². The van der Waals surface area contributed by atoms with Gasteiger partial charge in [0, 0.05) is 0 Å². The molecule has 7 heteroatoms. The zero-order valence-electron chi connectivity index (χ0n) is 9.56. The van der Waals surface area contributed by atoms with E-state index in [1.54, 1.807) is 0 Å². The molecule has 1 fully saturated rings. The molecule has 16 heavy (non-hydrogen) atoms. The Hall–Kier alpha value is -0.660. The van der Waals surface area contributed by atoms with Crippen LogP contribution in [0.4, 0.5) is 0 Å². The molecule has 1 aliphatic carbocycles. The summed E-state index contributed by atoms with van der Waals surface area (Å²) in [7, 11) is -3.38. The van der Waals surface area contributed by atoms with E-state index < -0.39 is 22.0 Å². The van der Waals surface area contributed by atoms with E-state index in [-0.39, 0.29) is 5.25 Å². The van der Waals surface area contributed by atoms with Gasteiger partial charge in [-0.05, 0) is 25.2 Å². The lowest BCUT2D eigenvalue weighted by atomic mass is 10.0. The highest BCUT2D eigenvalue weighted by Crippen LogP contribution is 2.26. The molecule has 0 radical (unpaired) electrons. The van der Waals surface area contributed by atoms with E-state index in [4.69, 9.17) is 5.73 Å². The molecule has 0 saturated heterocycles. The summed E-state index contributed by atoms with van der Waals surface area (Å²) in [6.45, 7) is 3.89. The van der Waals surface area contributed by atoms with Crippen LogP contribution in [0.3, 0.4) is 0 Å². The first-order valence-corrected chi connectivity index (χ1v) is 6.93. The van der Waals surface area contributed by atoms with Crippen LogP contribution in [-0.2, 0) is 14.8 Å². The Kier molecular flexibility index (Phi) is 4.28. The Labute approximate surface area is 96.0 Å². The molecule has 0 aliphatic heterocycles. The number of sulfonamides is 1. The number of rotatable bonds is 6. The fraction of sp³-hybridized carbons (Fsp3) is 0.889. The van der Waals surface area contributed by atoms with E-state index in [9.17, 15) is 13.2 Å². The van der Waals surface area contributed by atoms with Crippen LogP contribution in [0.1, 0.15) is 33.1 Å². The maximum atomic E-state index is 11.4. The lowest BCUT2D eigenvalue weighted by molar-refractivity contribution is -0.123. The molecule has 1 saturated carbocycles. The predicted molar refractivity (Wildman–Crippen MR) is 60.7 cm³/mol. The second-order valence-corrected chi connectivity index (χ2v) is 6.53. The van der Waals surface area contributed by atoms with Gasteiger partial charge in [-0.25, -0.2) is 8.42 Å². The lowest BCUT2D eigenvalue weighted by Gasteiger charge is -2.14. The lowest BCUT2D eigenvalue weighted by Crippen LogP contribution is -2.50. The fourth-order valence-electron chi connectivity index (χ4n) is 1.29. The largest absolute Gasteiger partial charge is 0.320 e. The second-order valence-electron chi connectivity index (χ2n) is 4.57.